The molecule has 0 fully saturated rings. The van der Waals surface area contributed by atoms with Crippen molar-refractivity contribution in [2.24, 2.45) is 0 Å². The molecule has 0 saturated heterocycles. The molecule has 1 amide bonds. The summed E-state index contributed by atoms with van der Waals surface area (Å²) < 4.78 is 3.19. The highest BCUT2D eigenvalue weighted by Crippen LogP contribution is 2.19. The minimum atomic E-state index is -0.476. The summed E-state index contributed by atoms with van der Waals surface area (Å²) in [6.07, 6.45) is 2.30. The third-order valence-corrected chi connectivity index (χ3v) is 7.09. The van der Waals surface area contributed by atoms with E-state index in [4.69, 9.17) is 0 Å². The van der Waals surface area contributed by atoms with Crippen molar-refractivity contribution in [3.63, 3.8) is 0 Å². The van der Waals surface area contributed by atoms with Crippen molar-refractivity contribution in [1.82, 2.24) is 14.5 Å². The van der Waals surface area contributed by atoms with Gasteiger partial charge >= 0.3 is 5.69 Å². The first kappa shape index (κ1) is 26.0. The van der Waals surface area contributed by atoms with Crippen molar-refractivity contribution >= 4 is 33.1 Å². The number of carbonyl (C=O) groups excluding carboxylic acids is 1. The van der Waals surface area contributed by atoms with Gasteiger partial charge in [-0.15, -0.1) is 11.3 Å². The maximum absolute atomic E-state index is 13.3. The van der Waals surface area contributed by atoms with Crippen LogP contribution in [-0.2, 0) is 24.4 Å². The number of thiophene rings is 1. The van der Waals surface area contributed by atoms with Crippen molar-refractivity contribution in [3.8, 4) is 0 Å². The number of nitrogens with zero attached hydrogens (tertiary/aromatic N) is 3. The molecular weight excluding hydrogens is 492 g/mol. The van der Waals surface area contributed by atoms with Crippen LogP contribution in [0.25, 0.3) is 10.2 Å². The molecule has 9 nitrogen and oxygen atoms in total. The van der Waals surface area contributed by atoms with Gasteiger partial charge in [0.2, 0.25) is 5.91 Å². The number of amides is 1. The van der Waals surface area contributed by atoms with Crippen molar-refractivity contribution < 1.29 is 9.72 Å². The minimum absolute atomic E-state index is 0.0305. The van der Waals surface area contributed by atoms with Crippen molar-refractivity contribution in [2.45, 2.75) is 52.2 Å². The second-order valence-corrected chi connectivity index (χ2v) is 9.88. The van der Waals surface area contributed by atoms with Crippen LogP contribution in [0, 0.1) is 17.0 Å². The van der Waals surface area contributed by atoms with E-state index < -0.39 is 10.6 Å². The van der Waals surface area contributed by atoms with Crippen LogP contribution in [0.15, 0.2) is 69.6 Å². The lowest BCUT2D eigenvalue weighted by molar-refractivity contribution is -0.384. The number of non-ortho nitro benzene ring substituents is 1. The Morgan fingerprint density at radius 2 is 1.78 bits per heavy atom. The van der Waals surface area contributed by atoms with Gasteiger partial charge in [-0.2, -0.15) is 0 Å². The predicted molar refractivity (Wildman–Crippen MR) is 144 cm³/mol. The summed E-state index contributed by atoms with van der Waals surface area (Å²) in [5.41, 5.74) is 2.51. The first-order valence-electron chi connectivity index (χ1n) is 12.1. The molecule has 0 spiro atoms. The number of carbonyl (C=O) groups is 1. The van der Waals surface area contributed by atoms with Gasteiger partial charge in [0.25, 0.3) is 11.2 Å². The van der Waals surface area contributed by atoms with Crippen LogP contribution in [0.2, 0.25) is 0 Å². The first-order chi connectivity index (χ1) is 17.8. The van der Waals surface area contributed by atoms with E-state index in [0.717, 1.165) is 5.56 Å². The Hall–Kier alpha value is -4.05. The fourth-order valence-electron chi connectivity index (χ4n) is 4.16. The number of aryl methyl sites for hydroxylation is 1. The zero-order chi connectivity index (χ0) is 26.4. The fraction of sp³-hybridized carbons (Fsp3) is 0.296. The van der Waals surface area contributed by atoms with Gasteiger partial charge in [-0.3, -0.25) is 28.8 Å². The number of nitrogens with one attached hydrogen (secondary N) is 1. The molecule has 0 aliphatic carbocycles. The molecule has 37 heavy (non-hydrogen) atoms. The topological polar surface area (TPSA) is 116 Å². The van der Waals surface area contributed by atoms with Gasteiger partial charge in [0.1, 0.15) is 4.70 Å². The van der Waals surface area contributed by atoms with E-state index in [1.54, 1.807) is 23.6 Å². The van der Waals surface area contributed by atoms with Crippen molar-refractivity contribution in [1.29, 1.82) is 0 Å². The molecule has 0 unspecified atom stereocenters. The van der Waals surface area contributed by atoms with Crippen LogP contribution < -0.4 is 16.6 Å². The normalized spacial score (nSPS) is 11.1. The minimum Gasteiger partial charge on any atom is -0.352 e. The average molecular weight is 521 g/mol. The van der Waals surface area contributed by atoms with Crippen LogP contribution in [-0.4, -0.2) is 20.0 Å². The second-order valence-electron chi connectivity index (χ2n) is 8.96. The summed E-state index contributed by atoms with van der Waals surface area (Å²) >= 11 is 1.27. The highest BCUT2D eigenvalue weighted by Gasteiger charge is 2.15. The SMILES string of the molecule is Cc1ccc(CNC(=O)CCCCCn2c(=O)c3sccc3n(Cc3cccc([N+](=O)[O-])c3)c2=O)cc1. The lowest BCUT2D eigenvalue weighted by atomic mass is 10.1. The number of nitro benzene ring substituents is 1. The Kier molecular flexibility index (Phi) is 8.29. The summed E-state index contributed by atoms with van der Waals surface area (Å²) in [5, 5.41) is 15.8. The maximum Gasteiger partial charge on any atom is 0.331 e. The zero-order valence-corrected chi connectivity index (χ0v) is 21.3. The lowest BCUT2D eigenvalue weighted by Crippen LogP contribution is -2.39. The molecule has 1 N–H and O–H groups in total. The molecule has 0 aliphatic rings. The molecule has 2 aromatic heterocycles. The van der Waals surface area contributed by atoms with Crippen LogP contribution in [0.3, 0.4) is 0 Å². The number of aromatic nitrogens is 2. The standard InChI is InChI=1S/C27H28N4O5S/c1-19-9-11-20(12-10-19)17-28-24(32)8-3-2-4-14-29-26(33)25-23(13-15-37-25)30(27(29)34)18-21-6-5-7-22(16-21)31(35)36/h5-7,9-13,15-16H,2-4,8,14,17-18H2,1H3,(H,28,32). The van der Waals surface area contributed by atoms with E-state index in [0.29, 0.717) is 48.0 Å². The molecule has 0 atom stereocenters. The number of hydrogen-bond donors (Lipinski definition) is 1. The predicted octanol–water partition coefficient (Wildman–Crippen LogP) is 4.37. The van der Waals surface area contributed by atoms with Crippen LogP contribution in [0.5, 0.6) is 0 Å². The molecule has 0 saturated carbocycles. The molecule has 0 radical (unpaired) electrons. The third-order valence-electron chi connectivity index (χ3n) is 6.19. The van der Waals surface area contributed by atoms with Gasteiger partial charge in [-0.1, -0.05) is 48.4 Å². The van der Waals surface area contributed by atoms with E-state index in [9.17, 15) is 24.5 Å². The Morgan fingerprint density at radius 1 is 1.00 bits per heavy atom. The number of fused-ring (bicyclic) bond motifs is 1. The smallest absolute Gasteiger partial charge is 0.331 e. The zero-order valence-electron chi connectivity index (χ0n) is 20.5. The largest absolute Gasteiger partial charge is 0.352 e. The number of nitro groups is 1. The van der Waals surface area contributed by atoms with Gasteiger partial charge < -0.3 is 5.32 Å². The Balaban J connectivity index is 1.37. The molecule has 0 aliphatic heterocycles. The van der Waals surface area contributed by atoms with Gasteiger partial charge in [-0.25, -0.2) is 4.79 Å². The number of benzene rings is 2. The van der Waals surface area contributed by atoms with Crippen molar-refractivity contribution in [2.75, 3.05) is 0 Å². The molecule has 192 valence electrons. The Labute approximate surface area is 217 Å². The molecule has 2 aromatic carbocycles. The van der Waals surface area contributed by atoms with Gasteiger partial charge in [0, 0.05) is 31.6 Å². The summed E-state index contributed by atoms with van der Waals surface area (Å²) in [6.45, 7) is 2.86. The summed E-state index contributed by atoms with van der Waals surface area (Å²) in [6, 6.07) is 15.9. The fourth-order valence-corrected chi connectivity index (χ4v) is 5.00. The number of unbranched alkanes of at least 4 members (excludes halogenated alkanes) is 2. The van der Waals surface area contributed by atoms with Crippen LogP contribution in [0.4, 0.5) is 5.69 Å². The third kappa shape index (κ3) is 6.39. The Morgan fingerprint density at radius 3 is 2.54 bits per heavy atom. The van der Waals surface area contributed by atoms with Crippen LogP contribution >= 0.6 is 11.3 Å². The van der Waals surface area contributed by atoms with E-state index >= 15 is 0 Å². The van der Waals surface area contributed by atoms with E-state index in [2.05, 4.69) is 5.32 Å². The monoisotopic (exact) mass is 520 g/mol. The number of hydrogen-bond acceptors (Lipinski definition) is 6. The highest BCUT2D eigenvalue weighted by atomic mass is 32.1. The molecule has 0 bridgehead atoms. The van der Waals surface area contributed by atoms with E-state index in [1.807, 2.05) is 31.2 Å². The van der Waals surface area contributed by atoms with Gasteiger partial charge in [-0.05, 0) is 42.3 Å². The molecule has 4 rings (SSSR count). The van der Waals surface area contributed by atoms with E-state index in [1.165, 1.54) is 38.2 Å². The van der Waals surface area contributed by atoms with E-state index in [-0.39, 0.29) is 30.2 Å². The molecule has 2 heterocycles. The van der Waals surface area contributed by atoms with Gasteiger partial charge in [0.15, 0.2) is 0 Å². The number of rotatable bonds is 11. The van der Waals surface area contributed by atoms with Crippen molar-refractivity contribution in [3.05, 3.63) is 108 Å². The average Bonchev–Trinajstić information content (AvgIpc) is 3.38. The molecular formula is C27H28N4O5S. The van der Waals surface area contributed by atoms with Gasteiger partial charge in [0.05, 0.1) is 17.0 Å². The highest BCUT2D eigenvalue weighted by molar-refractivity contribution is 7.17. The lowest BCUT2D eigenvalue weighted by Gasteiger charge is -2.12. The molecule has 4 aromatic rings. The summed E-state index contributed by atoms with van der Waals surface area (Å²) in [5.74, 6) is -0.0305. The summed E-state index contributed by atoms with van der Waals surface area (Å²) in [4.78, 5) is 49.1. The van der Waals surface area contributed by atoms with Crippen LogP contribution in [0.1, 0.15) is 42.4 Å². The Bertz CT molecular complexity index is 1540. The quantitative estimate of drug-likeness (QED) is 0.179. The molecule has 10 heteroatoms. The summed E-state index contributed by atoms with van der Waals surface area (Å²) in [7, 11) is 0. The first-order valence-corrected chi connectivity index (χ1v) is 13.0. The maximum atomic E-state index is 13.3. The second kappa shape index (κ2) is 11.8.